The number of amides is 1. The lowest BCUT2D eigenvalue weighted by Gasteiger charge is -2.57. The molecule has 5 rings (SSSR count). The van der Waals surface area contributed by atoms with E-state index in [9.17, 15) is 4.79 Å². The first kappa shape index (κ1) is 17.0. The predicted octanol–water partition coefficient (Wildman–Crippen LogP) is 3.89. The smallest absolute Gasteiger partial charge is 0.274 e. The molecule has 0 heterocycles. The maximum absolute atomic E-state index is 11.8. The molecule has 0 radical (unpaired) electrons. The Labute approximate surface area is 150 Å². The summed E-state index contributed by atoms with van der Waals surface area (Å²) in [6, 6.07) is 7.92. The highest BCUT2D eigenvalue weighted by atomic mass is 16.5. The van der Waals surface area contributed by atoms with Gasteiger partial charge in [-0.05, 0) is 86.7 Å². The van der Waals surface area contributed by atoms with Crippen molar-refractivity contribution in [2.24, 2.45) is 23.2 Å². The standard InChI is InChI=1S/C21H30N2O2/c1-14(22-13-18-4-2-3-5-19(18)20(24)23-25)9-21-10-15-6-16(11-21)8-17(7-15)12-21/h2-5,14-17,22,25H,6-13H2,1H3,(H,23,24). The van der Waals surface area contributed by atoms with Crippen LogP contribution < -0.4 is 10.8 Å². The molecule has 4 saturated carbocycles. The van der Waals surface area contributed by atoms with Gasteiger partial charge in [0.15, 0.2) is 0 Å². The summed E-state index contributed by atoms with van der Waals surface area (Å²) in [5.41, 5.74) is 3.80. The van der Waals surface area contributed by atoms with Gasteiger partial charge in [0, 0.05) is 18.2 Å². The van der Waals surface area contributed by atoms with Crippen molar-refractivity contribution in [1.29, 1.82) is 0 Å². The molecular weight excluding hydrogens is 312 g/mol. The number of rotatable bonds is 6. The summed E-state index contributed by atoms with van der Waals surface area (Å²) in [4.78, 5) is 11.8. The summed E-state index contributed by atoms with van der Waals surface area (Å²) in [7, 11) is 0. The zero-order valence-electron chi connectivity index (χ0n) is 15.1. The number of hydroxylamine groups is 1. The third kappa shape index (κ3) is 3.47. The zero-order valence-corrected chi connectivity index (χ0v) is 15.1. The van der Waals surface area contributed by atoms with E-state index in [1.54, 1.807) is 11.5 Å². The van der Waals surface area contributed by atoms with Crippen LogP contribution >= 0.6 is 0 Å². The van der Waals surface area contributed by atoms with E-state index < -0.39 is 5.91 Å². The average Bonchev–Trinajstić information content (AvgIpc) is 2.58. The van der Waals surface area contributed by atoms with Crippen LogP contribution in [0.5, 0.6) is 0 Å². The van der Waals surface area contributed by atoms with Crippen LogP contribution in [0.15, 0.2) is 24.3 Å². The summed E-state index contributed by atoms with van der Waals surface area (Å²) in [6.45, 7) is 2.95. The minimum absolute atomic E-state index is 0.439. The minimum Gasteiger partial charge on any atom is -0.310 e. The van der Waals surface area contributed by atoms with E-state index in [1.807, 2.05) is 18.2 Å². The van der Waals surface area contributed by atoms with E-state index >= 15 is 0 Å². The molecule has 1 aromatic rings. The van der Waals surface area contributed by atoms with Crippen LogP contribution in [0.25, 0.3) is 0 Å². The van der Waals surface area contributed by atoms with E-state index in [0.717, 1.165) is 23.3 Å². The van der Waals surface area contributed by atoms with Crippen molar-refractivity contribution in [3.63, 3.8) is 0 Å². The maximum Gasteiger partial charge on any atom is 0.274 e. The lowest BCUT2D eigenvalue weighted by atomic mass is 9.48. The third-order valence-electron chi connectivity index (χ3n) is 6.91. The predicted molar refractivity (Wildman–Crippen MR) is 97.2 cm³/mol. The van der Waals surface area contributed by atoms with Crippen LogP contribution in [0.3, 0.4) is 0 Å². The van der Waals surface area contributed by atoms with Gasteiger partial charge in [-0.15, -0.1) is 0 Å². The van der Waals surface area contributed by atoms with Gasteiger partial charge in [0.2, 0.25) is 0 Å². The van der Waals surface area contributed by atoms with Crippen molar-refractivity contribution in [3.8, 4) is 0 Å². The van der Waals surface area contributed by atoms with Gasteiger partial charge in [0.25, 0.3) is 5.91 Å². The Hall–Kier alpha value is -1.39. The molecule has 4 heteroatoms. The van der Waals surface area contributed by atoms with Crippen molar-refractivity contribution in [3.05, 3.63) is 35.4 Å². The van der Waals surface area contributed by atoms with E-state index in [2.05, 4.69) is 12.2 Å². The highest BCUT2D eigenvalue weighted by Gasteiger charge is 2.50. The minimum atomic E-state index is -0.439. The first-order chi connectivity index (χ1) is 12.1. The van der Waals surface area contributed by atoms with Gasteiger partial charge in [0.1, 0.15) is 0 Å². The van der Waals surface area contributed by atoms with Gasteiger partial charge < -0.3 is 5.32 Å². The van der Waals surface area contributed by atoms with Crippen molar-refractivity contribution < 1.29 is 10.0 Å². The summed E-state index contributed by atoms with van der Waals surface area (Å²) < 4.78 is 0. The van der Waals surface area contributed by atoms with E-state index in [4.69, 9.17) is 5.21 Å². The molecule has 4 aliphatic carbocycles. The molecule has 1 aromatic carbocycles. The number of carbonyl (C=O) groups excluding carboxylic acids is 1. The Morgan fingerprint density at radius 3 is 2.36 bits per heavy atom. The van der Waals surface area contributed by atoms with Crippen LogP contribution in [0.1, 0.15) is 67.8 Å². The van der Waals surface area contributed by atoms with Gasteiger partial charge in [-0.3, -0.25) is 10.0 Å². The van der Waals surface area contributed by atoms with Gasteiger partial charge in [0.05, 0.1) is 0 Å². The summed E-state index contributed by atoms with van der Waals surface area (Å²) >= 11 is 0. The molecule has 4 bridgehead atoms. The SMILES string of the molecule is CC(CC12CC3CC(CC(C3)C1)C2)NCc1ccccc1C(=O)NO. The summed E-state index contributed by atoms with van der Waals surface area (Å²) in [5, 5.41) is 12.5. The van der Waals surface area contributed by atoms with E-state index in [-0.39, 0.29) is 0 Å². The first-order valence-corrected chi connectivity index (χ1v) is 9.82. The normalized spacial score (nSPS) is 34.1. The molecule has 136 valence electrons. The molecule has 3 N–H and O–H groups in total. The van der Waals surface area contributed by atoms with Gasteiger partial charge in [-0.1, -0.05) is 18.2 Å². The number of carbonyl (C=O) groups is 1. The van der Waals surface area contributed by atoms with Crippen LogP contribution in [0.4, 0.5) is 0 Å². The lowest BCUT2D eigenvalue weighted by Crippen LogP contribution is -2.48. The fourth-order valence-electron chi connectivity index (χ4n) is 6.50. The topological polar surface area (TPSA) is 61.4 Å². The number of hydrogen-bond donors (Lipinski definition) is 3. The fourth-order valence-corrected chi connectivity index (χ4v) is 6.50. The van der Waals surface area contributed by atoms with Crippen molar-refractivity contribution >= 4 is 5.91 Å². The Morgan fingerprint density at radius 2 is 1.76 bits per heavy atom. The molecular formula is C21H30N2O2. The van der Waals surface area contributed by atoms with Gasteiger partial charge >= 0.3 is 0 Å². The quantitative estimate of drug-likeness (QED) is 0.543. The largest absolute Gasteiger partial charge is 0.310 e. The zero-order chi connectivity index (χ0) is 17.4. The molecule has 0 spiro atoms. The van der Waals surface area contributed by atoms with Crippen molar-refractivity contribution in [1.82, 2.24) is 10.8 Å². The molecule has 0 aromatic heterocycles. The molecule has 1 unspecified atom stereocenters. The highest BCUT2D eigenvalue weighted by Crippen LogP contribution is 2.61. The van der Waals surface area contributed by atoms with Crippen LogP contribution in [-0.2, 0) is 6.54 Å². The Kier molecular flexibility index (Phi) is 4.59. The second kappa shape index (κ2) is 6.73. The fraction of sp³-hybridized carbons (Fsp3) is 0.667. The molecule has 1 amide bonds. The van der Waals surface area contributed by atoms with Gasteiger partial charge in [-0.25, -0.2) is 5.48 Å². The first-order valence-electron chi connectivity index (χ1n) is 9.82. The highest BCUT2D eigenvalue weighted by molar-refractivity contribution is 5.94. The lowest BCUT2D eigenvalue weighted by molar-refractivity contribution is -0.0612. The van der Waals surface area contributed by atoms with Crippen molar-refractivity contribution in [2.45, 2.75) is 64.5 Å². The molecule has 0 aliphatic heterocycles. The van der Waals surface area contributed by atoms with E-state index in [1.165, 1.54) is 44.9 Å². The number of hydrogen-bond acceptors (Lipinski definition) is 3. The van der Waals surface area contributed by atoms with Gasteiger partial charge in [-0.2, -0.15) is 0 Å². The molecule has 0 saturated heterocycles. The second-order valence-electron chi connectivity index (χ2n) is 9.00. The third-order valence-corrected chi connectivity index (χ3v) is 6.91. The maximum atomic E-state index is 11.8. The number of benzene rings is 1. The van der Waals surface area contributed by atoms with Crippen LogP contribution in [0, 0.1) is 23.2 Å². The molecule has 4 aliphatic rings. The van der Waals surface area contributed by atoms with Crippen molar-refractivity contribution in [2.75, 3.05) is 0 Å². The molecule has 1 atom stereocenters. The molecule has 25 heavy (non-hydrogen) atoms. The second-order valence-corrected chi connectivity index (χ2v) is 9.00. The Bertz CT molecular complexity index is 607. The molecule has 4 fully saturated rings. The Morgan fingerprint density at radius 1 is 1.16 bits per heavy atom. The number of nitrogens with one attached hydrogen (secondary N) is 2. The van der Waals surface area contributed by atoms with Crippen LogP contribution in [-0.4, -0.2) is 17.2 Å². The monoisotopic (exact) mass is 342 g/mol. The molecule has 4 nitrogen and oxygen atoms in total. The van der Waals surface area contributed by atoms with E-state index in [0.29, 0.717) is 23.6 Å². The average molecular weight is 342 g/mol. The Balaban J connectivity index is 1.37. The summed E-state index contributed by atoms with van der Waals surface area (Å²) in [5.74, 6) is 2.54. The summed E-state index contributed by atoms with van der Waals surface area (Å²) in [6.07, 6.45) is 10.0. The van der Waals surface area contributed by atoms with Crippen LogP contribution in [0.2, 0.25) is 0 Å².